The highest BCUT2D eigenvalue weighted by molar-refractivity contribution is 6.55. The summed E-state index contributed by atoms with van der Waals surface area (Å²) < 4.78 is 16.5. The molecule has 0 spiro atoms. The lowest BCUT2D eigenvalue weighted by Gasteiger charge is -2.12. The van der Waals surface area contributed by atoms with Gasteiger partial charge in [0.2, 0.25) is 0 Å². The van der Waals surface area contributed by atoms with E-state index < -0.39 is 0 Å². The first-order chi connectivity index (χ1) is 11.5. The summed E-state index contributed by atoms with van der Waals surface area (Å²) in [6, 6.07) is 10.8. The number of ether oxygens (including phenoxy) is 3. The summed E-state index contributed by atoms with van der Waals surface area (Å²) >= 11 is 23.5. The Morgan fingerprint density at radius 3 is 2.33 bits per heavy atom. The molecule has 0 aliphatic carbocycles. The predicted molar refractivity (Wildman–Crippen MR) is 99.1 cm³/mol. The molecule has 0 saturated heterocycles. The van der Waals surface area contributed by atoms with Crippen molar-refractivity contribution in [1.82, 2.24) is 0 Å². The summed E-state index contributed by atoms with van der Waals surface area (Å²) in [5, 5.41) is 0.697. The van der Waals surface area contributed by atoms with Gasteiger partial charge in [0.25, 0.3) is 0 Å². The third-order valence-electron chi connectivity index (χ3n) is 2.98. The van der Waals surface area contributed by atoms with Crippen LogP contribution in [0.25, 0.3) is 0 Å². The Labute approximate surface area is 160 Å². The minimum absolute atomic E-state index is 0.130. The summed E-state index contributed by atoms with van der Waals surface area (Å²) in [4.78, 5) is 0. The Morgan fingerprint density at radius 2 is 1.71 bits per heavy atom. The van der Waals surface area contributed by atoms with E-state index in [1.54, 1.807) is 19.2 Å². The standard InChI is InChI=1S/C17H14Cl4O3/c1-22-12-4-2-3-11(7-12)10-24-17-14(18)8-13(9-15(17)19)23-6-5-16(20)21/h2-5,7-9H,6,10H2,1H3. The highest BCUT2D eigenvalue weighted by atomic mass is 35.5. The zero-order valence-corrected chi connectivity index (χ0v) is 15.7. The van der Waals surface area contributed by atoms with Gasteiger partial charge in [-0.3, -0.25) is 0 Å². The molecule has 0 aliphatic rings. The summed E-state index contributed by atoms with van der Waals surface area (Å²) in [5.41, 5.74) is 0.934. The molecule has 7 heteroatoms. The molecule has 0 fully saturated rings. The third-order valence-corrected chi connectivity index (χ3v) is 3.85. The molecule has 24 heavy (non-hydrogen) atoms. The van der Waals surface area contributed by atoms with Gasteiger partial charge in [-0.1, -0.05) is 58.5 Å². The van der Waals surface area contributed by atoms with E-state index >= 15 is 0 Å². The van der Waals surface area contributed by atoms with E-state index in [4.69, 9.17) is 60.6 Å². The SMILES string of the molecule is COc1cccc(COc2c(Cl)cc(OCC=C(Cl)Cl)cc2Cl)c1. The lowest BCUT2D eigenvalue weighted by Crippen LogP contribution is -1.99. The van der Waals surface area contributed by atoms with E-state index in [1.165, 1.54) is 6.08 Å². The molecule has 0 atom stereocenters. The second-order valence-corrected chi connectivity index (χ2v) is 6.48. The monoisotopic (exact) mass is 406 g/mol. The van der Waals surface area contributed by atoms with Crippen LogP contribution in [0.1, 0.15) is 5.56 Å². The van der Waals surface area contributed by atoms with Crippen molar-refractivity contribution in [2.75, 3.05) is 13.7 Å². The predicted octanol–water partition coefficient (Wildman–Crippen LogP) is 6.28. The van der Waals surface area contributed by atoms with Crippen molar-refractivity contribution in [2.24, 2.45) is 0 Å². The maximum Gasteiger partial charge on any atom is 0.157 e. The first-order valence-corrected chi connectivity index (χ1v) is 8.39. The van der Waals surface area contributed by atoms with Gasteiger partial charge in [0.1, 0.15) is 29.2 Å². The minimum Gasteiger partial charge on any atom is -0.497 e. The normalized spacial score (nSPS) is 10.2. The van der Waals surface area contributed by atoms with Crippen LogP contribution >= 0.6 is 46.4 Å². The third kappa shape index (κ3) is 5.67. The molecule has 2 aromatic carbocycles. The summed E-state index contributed by atoms with van der Waals surface area (Å²) in [6.45, 7) is 0.514. The molecule has 0 amide bonds. The molecule has 0 N–H and O–H groups in total. The summed E-state index contributed by atoms with van der Waals surface area (Å²) in [6.07, 6.45) is 1.51. The molecular weight excluding hydrogens is 394 g/mol. The van der Waals surface area contributed by atoms with Gasteiger partial charge in [-0.15, -0.1) is 0 Å². The Morgan fingerprint density at radius 1 is 1.00 bits per heavy atom. The van der Waals surface area contributed by atoms with Gasteiger partial charge in [-0.05, 0) is 23.8 Å². The number of benzene rings is 2. The van der Waals surface area contributed by atoms with Gasteiger partial charge >= 0.3 is 0 Å². The number of halogens is 4. The topological polar surface area (TPSA) is 27.7 Å². The van der Waals surface area contributed by atoms with Gasteiger partial charge in [0, 0.05) is 12.1 Å². The molecular formula is C17H14Cl4O3. The fraction of sp³-hybridized carbons (Fsp3) is 0.176. The molecule has 0 aromatic heterocycles. The van der Waals surface area contributed by atoms with Crippen molar-refractivity contribution >= 4 is 46.4 Å². The van der Waals surface area contributed by atoms with Crippen LogP contribution in [0.2, 0.25) is 10.0 Å². The maximum absolute atomic E-state index is 6.22. The first kappa shape index (κ1) is 19.1. The summed E-state index contributed by atoms with van der Waals surface area (Å²) in [5.74, 6) is 1.63. The minimum atomic E-state index is 0.130. The second-order valence-electron chi connectivity index (χ2n) is 4.66. The highest BCUT2D eigenvalue weighted by Crippen LogP contribution is 2.37. The van der Waals surface area contributed by atoms with Gasteiger partial charge in [0.05, 0.1) is 17.2 Å². The average Bonchev–Trinajstić information content (AvgIpc) is 2.54. The molecule has 128 valence electrons. The average molecular weight is 408 g/mol. The fourth-order valence-corrected chi connectivity index (χ4v) is 2.58. The van der Waals surface area contributed by atoms with Crippen molar-refractivity contribution < 1.29 is 14.2 Å². The van der Waals surface area contributed by atoms with Gasteiger partial charge in [0.15, 0.2) is 5.75 Å². The van der Waals surface area contributed by atoms with Crippen LogP contribution in [0.4, 0.5) is 0 Å². The molecule has 0 aliphatic heterocycles. The van der Waals surface area contributed by atoms with Crippen LogP contribution in [0.3, 0.4) is 0 Å². The van der Waals surface area contributed by atoms with E-state index in [1.807, 2.05) is 24.3 Å². The Bertz CT molecular complexity index is 705. The van der Waals surface area contributed by atoms with E-state index in [2.05, 4.69) is 0 Å². The van der Waals surface area contributed by atoms with Gasteiger partial charge in [-0.2, -0.15) is 0 Å². The van der Waals surface area contributed by atoms with Crippen molar-refractivity contribution in [3.05, 3.63) is 62.6 Å². The number of rotatable bonds is 7. The van der Waals surface area contributed by atoms with E-state index in [0.717, 1.165) is 11.3 Å². The van der Waals surface area contributed by atoms with Crippen molar-refractivity contribution in [1.29, 1.82) is 0 Å². The van der Waals surface area contributed by atoms with Gasteiger partial charge < -0.3 is 14.2 Å². The smallest absolute Gasteiger partial charge is 0.157 e. The number of hydrogen-bond donors (Lipinski definition) is 0. The lowest BCUT2D eigenvalue weighted by atomic mass is 10.2. The lowest BCUT2D eigenvalue weighted by molar-refractivity contribution is 0.304. The van der Waals surface area contributed by atoms with Crippen LogP contribution < -0.4 is 14.2 Å². The number of hydrogen-bond acceptors (Lipinski definition) is 3. The van der Waals surface area contributed by atoms with Crippen LogP contribution in [0, 0.1) is 0 Å². The van der Waals surface area contributed by atoms with E-state index in [0.29, 0.717) is 28.2 Å². The van der Waals surface area contributed by atoms with Crippen molar-refractivity contribution in [2.45, 2.75) is 6.61 Å². The zero-order valence-electron chi connectivity index (χ0n) is 12.7. The molecule has 0 bridgehead atoms. The molecule has 2 rings (SSSR count). The molecule has 2 aromatic rings. The van der Waals surface area contributed by atoms with Crippen LogP contribution in [0.5, 0.6) is 17.2 Å². The molecule has 0 heterocycles. The van der Waals surface area contributed by atoms with Crippen LogP contribution in [-0.4, -0.2) is 13.7 Å². The van der Waals surface area contributed by atoms with E-state index in [-0.39, 0.29) is 11.1 Å². The number of methoxy groups -OCH3 is 1. The summed E-state index contributed by atoms with van der Waals surface area (Å²) in [7, 11) is 1.61. The van der Waals surface area contributed by atoms with Crippen LogP contribution in [0.15, 0.2) is 47.0 Å². The second kappa shape index (κ2) is 9.28. The molecule has 3 nitrogen and oxygen atoms in total. The zero-order chi connectivity index (χ0) is 17.5. The molecule has 0 saturated carbocycles. The highest BCUT2D eigenvalue weighted by Gasteiger charge is 2.11. The largest absolute Gasteiger partial charge is 0.497 e. The first-order valence-electron chi connectivity index (χ1n) is 6.88. The van der Waals surface area contributed by atoms with Crippen molar-refractivity contribution in [3.63, 3.8) is 0 Å². The molecule has 0 unspecified atom stereocenters. The molecule has 0 radical (unpaired) electrons. The van der Waals surface area contributed by atoms with Crippen molar-refractivity contribution in [3.8, 4) is 17.2 Å². The Hall–Kier alpha value is -1.26. The Kier molecular flexibility index (Phi) is 7.38. The van der Waals surface area contributed by atoms with Gasteiger partial charge in [-0.25, -0.2) is 0 Å². The quantitative estimate of drug-likeness (QED) is 0.540. The van der Waals surface area contributed by atoms with Crippen LogP contribution in [-0.2, 0) is 6.61 Å². The Balaban J connectivity index is 2.06. The fourth-order valence-electron chi connectivity index (χ4n) is 1.88. The maximum atomic E-state index is 6.22. The van der Waals surface area contributed by atoms with E-state index in [9.17, 15) is 0 Å².